The Balaban J connectivity index is 2.49. The minimum absolute atomic E-state index is 0.649. The zero-order valence-electron chi connectivity index (χ0n) is 10.8. The molecule has 3 heteroatoms. The molecule has 19 heavy (non-hydrogen) atoms. The summed E-state index contributed by atoms with van der Waals surface area (Å²) < 4.78 is 2.13. The van der Waals surface area contributed by atoms with Crippen LogP contribution in [-0.4, -0.2) is 4.57 Å². The molecule has 0 radical (unpaired) electrons. The maximum Gasteiger partial charge on any atom is 0.0479 e. The Bertz CT molecular complexity index is 706. The average Bonchev–Trinajstić information content (AvgIpc) is 2.56. The van der Waals surface area contributed by atoms with Gasteiger partial charge in [-0.2, -0.15) is 0 Å². The highest BCUT2D eigenvalue weighted by atomic mass is 35.5. The number of benzene rings is 1. The highest BCUT2D eigenvalue weighted by Crippen LogP contribution is 2.19. The van der Waals surface area contributed by atoms with Crippen LogP contribution in [0.1, 0.15) is 11.1 Å². The second-order valence-electron chi connectivity index (χ2n) is 4.48. The number of rotatable bonds is 3. The average molecular weight is 292 g/mol. The van der Waals surface area contributed by atoms with Crippen LogP contribution in [-0.2, 0) is 6.54 Å². The number of hydrogen-bond donors (Lipinski definition) is 0. The first kappa shape index (κ1) is 14.0. The van der Waals surface area contributed by atoms with Gasteiger partial charge in [-0.25, -0.2) is 0 Å². The summed E-state index contributed by atoms with van der Waals surface area (Å²) in [5.41, 5.74) is 2.22. The summed E-state index contributed by atoms with van der Waals surface area (Å²) >= 11 is 12.0. The van der Waals surface area contributed by atoms with Crippen molar-refractivity contribution in [1.82, 2.24) is 4.57 Å². The van der Waals surface area contributed by atoms with Crippen molar-refractivity contribution >= 4 is 35.9 Å². The fourth-order valence-corrected chi connectivity index (χ4v) is 2.67. The molecule has 98 valence electrons. The van der Waals surface area contributed by atoms with Crippen molar-refractivity contribution in [3.05, 3.63) is 68.8 Å². The highest BCUT2D eigenvalue weighted by molar-refractivity contribution is 6.34. The van der Waals surface area contributed by atoms with Gasteiger partial charge in [-0.15, -0.1) is 0 Å². The standard InChI is InChI=1S/C16H15Cl2N/c1-4-5-16-12(3)11(2)9-19(16)10-13-6-14(17)8-15(18)7-13/h4-9H,1,3,10H2,2H3/b16-5+. The summed E-state index contributed by atoms with van der Waals surface area (Å²) in [7, 11) is 0. The van der Waals surface area contributed by atoms with Gasteiger partial charge in [-0.1, -0.05) is 42.4 Å². The van der Waals surface area contributed by atoms with Crippen molar-refractivity contribution in [1.29, 1.82) is 0 Å². The Kier molecular flexibility index (Phi) is 4.18. The van der Waals surface area contributed by atoms with E-state index in [4.69, 9.17) is 23.2 Å². The van der Waals surface area contributed by atoms with Crippen LogP contribution in [0.4, 0.5) is 0 Å². The monoisotopic (exact) mass is 291 g/mol. The molecule has 0 atom stereocenters. The van der Waals surface area contributed by atoms with Crippen LogP contribution >= 0.6 is 23.2 Å². The molecule has 0 aliphatic heterocycles. The van der Waals surface area contributed by atoms with E-state index in [2.05, 4.69) is 23.9 Å². The van der Waals surface area contributed by atoms with Gasteiger partial charge >= 0.3 is 0 Å². The summed E-state index contributed by atoms with van der Waals surface area (Å²) in [5.74, 6) is 0. The van der Waals surface area contributed by atoms with Gasteiger partial charge in [0.05, 0.1) is 0 Å². The van der Waals surface area contributed by atoms with E-state index in [1.165, 1.54) is 0 Å². The van der Waals surface area contributed by atoms with Crippen molar-refractivity contribution < 1.29 is 0 Å². The summed E-state index contributed by atoms with van der Waals surface area (Å²) in [5, 5.41) is 3.38. The fourth-order valence-electron chi connectivity index (χ4n) is 2.09. The largest absolute Gasteiger partial charge is 0.343 e. The van der Waals surface area contributed by atoms with Crippen molar-refractivity contribution in [2.24, 2.45) is 0 Å². The smallest absolute Gasteiger partial charge is 0.0479 e. The molecule has 0 aliphatic carbocycles. The summed E-state index contributed by atoms with van der Waals surface area (Å²) in [4.78, 5) is 0. The van der Waals surface area contributed by atoms with Gasteiger partial charge in [-0.05, 0) is 47.5 Å². The van der Waals surface area contributed by atoms with E-state index in [9.17, 15) is 0 Å². The molecular formula is C16H15Cl2N. The summed E-state index contributed by atoms with van der Waals surface area (Å²) in [6, 6.07) is 5.57. The van der Waals surface area contributed by atoms with Crippen LogP contribution < -0.4 is 10.6 Å². The molecule has 2 aromatic rings. The van der Waals surface area contributed by atoms with Gasteiger partial charge in [0.15, 0.2) is 0 Å². The molecule has 1 aromatic heterocycles. The van der Waals surface area contributed by atoms with Gasteiger partial charge in [0, 0.05) is 28.1 Å². The van der Waals surface area contributed by atoms with Crippen molar-refractivity contribution in [3.63, 3.8) is 0 Å². The lowest BCUT2D eigenvalue weighted by Crippen LogP contribution is -2.28. The summed E-state index contributed by atoms with van der Waals surface area (Å²) in [6.45, 7) is 10.6. The Morgan fingerprint density at radius 3 is 2.42 bits per heavy atom. The number of allylic oxidation sites excluding steroid dienone is 1. The normalized spacial score (nSPS) is 11.8. The van der Waals surface area contributed by atoms with Crippen LogP contribution in [0.25, 0.3) is 12.7 Å². The fraction of sp³-hybridized carbons (Fsp3) is 0.125. The Morgan fingerprint density at radius 2 is 1.84 bits per heavy atom. The third-order valence-corrected chi connectivity index (χ3v) is 3.43. The van der Waals surface area contributed by atoms with Crippen LogP contribution in [0.5, 0.6) is 0 Å². The Labute approximate surface area is 123 Å². The molecule has 0 saturated heterocycles. The van der Waals surface area contributed by atoms with E-state index in [0.717, 1.165) is 21.7 Å². The first-order chi connectivity index (χ1) is 9.01. The quantitative estimate of drug-likeness (QED) is 0.815. The van der Waals surface area contributed by atoms with Crippen molar-refractivity contribution in [3.8, 4) is 0 Å². The molecule has 0 spiro atoms. The zero-order chi connectivity index (χ0) is 14.0. The first-order valence-electron chi connectivity index (χ1n) is 5.93. The molecule has 0 saturated carbocycles. The maximum atomic E-state index is 6.02. The van der Waals surface area contributed by atoms with Crippen molar-refractivity contribution in [2.75, 3.05) is 0 Å². The van der Waals surface area contributed by atoms with Crippen LogP contribution in [0.3, 0.4) is 0 Å². The van der Waals surface area contributed by atoms with Crippen molar-refractivity contribution in [2.45, 2.75) is 13.5 Å². The molecule has 0 unspecified atom stereocenters. The van der Waals surface area contributed by atoms with Crippen LogP contribution in [0.15, 0.2) is 37.1 Å². The lowest BCUT2D eigenvalue weighted by atomic mass is 10.2. The molecule has 0 fully saturated rings. The molecule has 1 heterocycles. The number of halogens is 2. The second-order valence-corrected chi connectivity index (χ2v) is 5.36. The molecule has 0 amide bonds. The second kappa shape index (κ2) is 5.68. The van der Waals surface area contributed by atoms with E-state index in [1.54, 1.807) is 12.1 Å². The molecular weight excluding hydrogens is 277 g/mol. The molecule has 1 nitrogen and oxygen atoms in total. The minimum atomic E-state index is 0.649. The molecule has 0 aliphatic rings. The van der Waals surface area contributed by atoms with E-state index in [0.29, 0.717) is 16.6 Å². The predicted octanol–water partition coefficient (Wildman–Crippen LogP) is 3.53. The number of aryl methyl sites for hydroxylation is 1. The first-order valence-corrected chi connectivity index (χ1v) is 6.69. The molecule has 1 aromatic carbocycles. The SMILES string of the molecule is C=C/C=c1\c(=C)c(C)cn1Cc1cc(Cl)cc(Cl)c1. The van der Waals surface area contributed by atoms with Gasteiger partial charge in [0.2, 0.25) is 0 Å². The van der Waals surface area contributed by atoms with Gasteiger partial charge in [-0.3, -0.25) is 0 Å². The van der Waals surface area contributed by atoms with E-state index in [-0.39, 0.29) is 0 Å². The number of hydrogen-bond acceptors (Lipinski definition) is 0. The molecule has 2 rings (SSSR count). The van der Waals surface area contributed by atoms with Gasteiger partial charge in [0.1, 0.15) is 0 Å². The zero-order valence-corrected chi connectivity index (χ0v) is 12.3. The van der Waals surface area contributed by atoms with E-state index < -0.39 is 0 Å². The molecule has 0 bridgehead atoms. The minimum Gasteiger partial charge on any atom is -0.343 e. The number of aromatic nitrogens is 1. The Morgan fingerprint density at radius 1 is 1.21 bits per heavy atom. The lowest BCUT2D eigenvalue weighted by molar-refractivity contribution is 0.778. The van der Waals surface area contributed by atoms with Crippen LogP contribution in [0.2, 0.25) is 10.0 Å². The van der Waals surface area contributed by atoms with Gasteiger partial charge < -0.3 is 4.57 Å². The third-order valence-electron chi connectivity index (χ3n) is 3.00. The van der Waals surface area contributed by atoms with E-state index in [1.807, 2.05) is 25.1 Å². The van der Waals surface area contributed by atoms with Gasteiger partial charge in [0.25, 0.3) is 0 Å². The predicted molar refractivity (Wildman–Crippen MR) is 84.2 cm³/mol. The Hall–Kier alpha value is -1.44. The maximum absolute atomic E-state index is 6.02. The van der Waals surface area contributed by atoms with Crippen LogP contribution in [0, 0.1) is 6.92 Å². The molecule has 0 N–H and O–H groups in total. The van der Waals surface area contributed by atoms with E-state index >= 15 is 0 Å². The topological polar surface area (TPSA) is 4.93 Å². The highest BCUT2D eigenvalue weighted by Gasteiger charge is 2.03. The lowest BCUT2D eigenvalue weighted by Gasteiger charge is -2.06. The summed E-state index contributed by atoms with van der Waals surface area (Å²) in [6.07, 6.45) is 5.80. The third kappa shape index (κ3) is 3.12. The number of nitrogens with zero attached hydrogens (tertiary/aromatic N) is 1.